The molecule has 1 heterocycles. The fraction of sp³-hybridized carbons (Fsp3) is 0.167. The second-order valence-corrected chi connectivity index (χ2v) is 8.75. The number of nitrogens with one attached hydrogen (secondary N) is 1. The van der Waals surface area contributed by atoms with Crippen molar-refractivity contribution in [1.29, 1.82) is 0 Å². The zero-order chi connectivity index (χ0) is 22.0. The van der Waals surface area contributed by atoms with E-state index in [0.717, 1.165) is 5.56 Å². The van der Waals surface area contributed by atoms with Crippen molar-refractivity contribution in [2.24, 2.45) is 0 Å². The summed E-state index contributed by atoms with van der Waals surface area (Å²) < 4.78 is 14.1. The van der Waals surface area contributed by atoms with E-state index in [1.165, 1.54) is 17.8 Å². The Morgan fingerprint density at radius 3 is 2.65 bits per heavy atom. The lowest BCUT2D eigenvalue weighted by atomic mass is 10.1. The van der Waals surface area contributed by atoms with E-state index < -0.39 is 5.38 Å². The fourth-order valence-electron chi connectivity index (χ4n) is 3.43. The Bertz CT molecular complexity index is 1130. The van der Waals surface area contributed by atoms with Gasteiger partial charge in [0.1, 0.15) is 16.6 Å². The number of carbonyl (C=O) groups is 2. The predicted molar refractivity (Wildman–Crippen MR) is 124 cm³/mol. The van der Waals surface area contributed by atoms with Crippen molar-refractivity contribution in [1.82, 2.24) is 0 Å². The highest BCUT2D eigenvalue weighted by atomic mass is 35.5. The number of halogens is 2. The topological polar surface area (TPSA) is 49.4 Å². The summed E-state index contributed by atoms with van der Waals surface area (Å²) in [5, 5.41) is 1.71. The molecule has 158 valence electrons. The first-order valence-electron chi connectivity index (χ1n) is 9.73. The van der Waals surface area contributed by atoms with Gasteiger partial charge < -0.3 is 5.32 Å². The largest absolute Gasteiger partial charge is 0.324 e. The van der Waals surface area contributed by atoms with Crippen LogP contribution < -0.4 is 10.2 Å². The minimum absolute atomic E-state index is 0.0856. The minimum Gasteiger partial charge on any atom is -0.324 e. The molecule has 4 rings (SSSR count). The number of thioether (sulfide) groups is 1. The van der Waals surface area contributed by atoms with Gasteiger partial charge in [-0.25, -0.2) is 4.39 Å². The van der Waals surface area contributed by atoms with Crippen LogP contribution in [0.2, 0.25) is 0 Å². The molecule has 3 aromatic rings. The normalized spacial score (nSPS) is 16.9. The Morgan fingerprint density at radius 2 is 1.90 bits per heavy atom. The number of carbonyl (C=O) groups excluding carboxylic acids is 2. The summed E-state index contributed by atoms with van der Waals surface area (Å²) in [6.45, 7) is 1.68. The Kier molecular flexibility index (Phi) is 6.30. The molecule has 0 radical (unpaired) electrons. The maximum absolute atomic E-state index is 14.1. The molecule has 31 heavy (non-hydrogen) atoms. The molecule has 2 amide bonds. The number of alkyl halides is 1. The number of hydrogen-bond acceptors (Lipinski definition) is 3. The molecule has 1 saturated heterocycles. The summed E-state index contributed by atoms with van der Waals surface area (Å²) in [6, 6.07) is 21.2. The van der Waals surface area contributed by atoms with E-state index in [4.69, 9.17) is 11.6 Å². The van der Waals surface area contributed by atoms with Gasteiger partial charge in [0.25, 0.3) is 0 Å². The molecule has 2 atom stereocenters. The number of aryl methyl sites for hydroxylation is 1. The second kappa shape index (κ2) is 9.12. The Morgan fingerprint density at radius 1 is 1.13 bits per heavy atom. The molecule has 7 heteroatoms. The van der Waals surface area contributed by atoms with Crippen LogP contribution in [0.3, 0.4) is 0 Å². The lowest BCUT2D eigenvalue weighted by molar-refractivity contribution is -0.116. The van der Waals surface area contributed by atoms with Crippen LogP contribution in [0.5, 0.6) is 0 Å². The van der Waals surface area contributed by atoms with E-state index in [0.29, 0.717) is 28.3 Å². The van der Waals surface area contributed by atoms with Crippen LogP contribution in [0.1, 0.15) is 27.4 Å². The molecule has 1 N–H and O–H groups in total. The van der Waals surface area contributed by atoms with Crippen LogP contribution in [0.4, 0.5) is 15.8 Å². The summed E-state index contributed by atoms with van der Waals surface area (Å²) in [7, 11) is 0. The molecular formula is C24H20ClFN2O2S. The van der Waals surface area contributed by atoms with Gasteiger partial charge in [0.05, 0.1) is 5.75 Å². The highest BCUT2D eigenvalue weighted by Crippen LogP contribution is 2.42. The first kappa shape index (κ1) is 21.4. The first-order chi connectivity index (χ1) is 14.9. The average molecular weight is 455 g/mol. The van der Waals surface area contributed by atoms with Crippen molar-refractivity contribution in [3.63, 3.8) is 0 Å². The Balaban J connectivity index is 1.56. The lowest BCUT2D eigenvalue weighted by Gasteiger charge is -2.25. The van der Waals surface area contributed by atoms with Crippen LogP contribution in [0.25, 0.3) is 0 Å². The molecule has 0 aliphatic carbocycles. The molecule has 0 spiro atoms. The van der Waals surface area contributed by atoms with E-state index in [2.05, 4.69) is 5.32 Å². The smallest absolute Gasteiger partial charge is 0.246 e. The van der Waals surface area contributed by atoms with Crippen molar-refractivity contribution < 1.29 is 14.0 Å². The maximum Gasteiger partial charge on any atom is 0.246 e. The molecule has 0 aromatic heterocycles. The lowest BCUT2D eigenvalue weighted by Crippen LogP contribution is -2.28. The number of nitrogens with zero attached hydrogens (tertiary/aromatic N) is 1. The number of rotatable bonds is 5. The van der Waals surface area contributed by atoms with Gasteiger partial charge in [0.15, 0.2) is 0 Å². The van der Waals surface area contributed by atoms with Crippen molar-refractivity contribution in [3.05, 3.63) is 95.3 Å². The molecule has 3 aromatic carbocycles. The maximum atomic E-state index is 14.1. The van der Waals surface area contributed by atoms with Crippen LogP contribution >= 0.6 is 23.4 Å². The van der Waals surface area contributed by atoms with Gasteiger partial charge in [-0.2, -0.15) is 0 Å². The Labute approximate surface area is 189 Å². The van der Waals surface area contributed by atoms with Gasteiger partial charge in [0, 0.05) is 11.4 Å². The standard InChI is InChI=1S/C24H20ClFN2O2S/c1-15-10-11-19(13-20(15)26)28-21(29)14-31-24(28)17-8-5-9-18(12-17)27-23(30)22(25)16-6-3-2-4-7-16/h2-13,22,24H,14H2,1H3,(H,27,30)/t22-,24-/m0/s1. The third kappa shape index (κ3) is 4.60. The zero-order valence-electron chi connectivity index (χ0n) is 16.7. The third-order valence-corrected chi connectivity index (χ3v) is 6.73. The summed E-state index contributed by atoms with van der Waals surface area (Å²) in [5.41, 5.74) is 3.17. The van der Waals surface area contributed by atoms with Gasteiger partial charge in [-0.1, -0.05) is 48.5 Å². The van der Waals surface area contributed by atoms with Gasteiger partial charge in [-0.15, -0.1) is 23.4 Å². The van der Waals surface area contributed by atoms with Gasteiger partial charge in [0.2, 0.25) is 11.8 Å². The summed E-state index contributed by atoms with van der Waals surface area (Å²) in [6.07, 6.45) is 0. The SMILES string of the molecule is Cc1ccc(N2C(=O)CS[C@H]2c2cccc(NC(=O)[C@@H](Cl)c3ccccc3)c2)cc1F. The van der Waals surface area contributed by atoms with Crippen LogP contribution in [0, 0.1) is 12.7 Å². The number of hydrogen-bond donors (Lipinski definition) is 1. The molecular weight excluding hydrogens is 435 g/mol. The van der Waals surface area contributed by atoms with Gasteiger partial charge >= 0.3 is 0 Å². The van der Waals surface area contributed by atoms with Crippen molar-refractivity contribution >= 4 is 46.6 Å². The molecule has 4 nitrogen and oxygen atoms in total. The third-order valence-electron chi connectivity index (χ3n) is 5.06. The molecule has 1 aliphatic rings. The van der Waals surface area contributed by atoms with Crippen molar-refractivity contribution in [2.75, 3.05) is 16.0 Å². The highest BCUT2D eigenvalue weighted by Gasteiger charge is 2.34. The molecule has 0 bridgehead atoms. The Hall–Kier alpha value is -2.83. The van der Waals surface area contributed by atoms with Crippen LogP contribution in [0.15, 0.2) is 72.8 Å². The van der Waals surface area contributed by atoms with E-state index >= 15 is 0 Å². The minimum atomic E-state index is -0.820. The molecule has 0 saturated carbocycles. The highest BCUT2D eigenvalue weighted by molar-refractivity contribution is 8.00. The molecule has 1 aliphatic heterocycles. The second-order valence-electron chi connectivity index (χ2n) is 7.25. The van der Waals surface area contributed by atoms with Gasteiger partial charge in [-0.3, -0.25) is 14.5 Å². The molecule has 1 fully saturated rings. The zero-order valence-corrected chi connectivity index (χ0v) is 18.3. The fourth-order valence-corrected chi connectivity index (χ4v) is 4.80. The molecule has 0 unspecified atom stereocenters. The van der Waals surface area contributed by atoms with Crippen molar-refractivity contribution in [2.45, 2.75) is 17.7 Å². The predicted octanol–water partition coefficient (Wildman–Crippen LogP) is 5.83. The van der Waals surface area contributed by atoms with Crippen LogP contribution in [-0.2, 0) is 9.59 Å². The summed E-state index contributed by atoms with van der Waals surface area (Å²) in [5.74, 6) is -0.472. The first-order valence-corrected chi connectivity index (χ1v) is 11.2. The number of amides is 2. The van der Waals surface area contributed by atoms with E-state index in [1.54, 1.807) is 42.2 Å². The summed E-state index contributed by atoms with van der Waals surface area (Å²) >= 11 is 7.78. The van der Waals surface area contributed by atoms with Crippen molar-refractivity contribution in [3.8, 4) is 0 Å². The number of anilines is 2. The number of benzene rings is 3. The summed E-state index contributed by atoms with van der Waals surface area (Å²) in [4.78, 5) is 26.8. The monoisotopic (exact) mass is 454 g/mol. The average Bonchev–Trinajstić information content (AvgIpc) is 3.17. The van der Waals surface area contributed by atoms with E-state index in [9.17, 15) is 14.0 Å². The van der Waals surface area contributed by atoms with Gasteiger partial charge in [-0.05, 0) is 47.9 Å². The van der Waals surface area contributed by atoms with Crippen LogP contribution in [-0.4, -0.2) is 17.6 Å². The van der Waals surface area contributed by atoms with E-state index in [-0.39, 0.29) is 23.0 Å². The quantitative estimate of drug-likeness (QED) is 0.493. The van der Waals surface area contributed by atoms with E-state index in [1.807, 2.05) is 36.4 Å².